The average molecular weight is 257 g/mol. The second-order valence-corrected chi connectivity index (χ2v) is 4.15. The molecule has 4 heteroatoms. The molecule has 0 aliphatic carbocycles. The summed E-state index contributed by atoms with van der Waals surface area (Å²) < 4.78 is 5.62. The maximum Gasteiger partial charge on any atom is 0.145 e. The van der Waals surface area contributed by atoms with E-state index in [2.05, 4.69) is 22.2 Å². The van der Waals surface area contributed by atoms with Crippen LogP contribution in [0.1, 0.15) is 20.3 Å². The van der Waals surface area contributed by atoms with Gasteiger partial charge in [0, 0.05) is 12.1 Å². The summed E-state index contributed by atoms with van der Waals surface area (Å²) in [5.74, 6) is 1.64. The Hall–Kier alpha value is -2.10. The summed E-state index contributed by atoms with van der Waals surface area (Å²) in [7, 11) is 0. The molecule has 2 rings (SSSR count). The van der Waals surface area contributed by atoms with Crippen LogP contribution in [0.5, 0.6) is 5.75 Å². The molecule has 1 heterocycles. The highest BCUT2D eigenvalue weighted by atomic mass is 16.5. The summed E-state index contributed by atoms with van der Waals surface area (Å²) in [6, 6.07) is 7.89. The molecule has 1 aromatic carbocycles. The maximum absolute atomic E-state index is 5.62. The average Bonchev–Trinajstić information content (AvgIpc) is 2.46. The third-order valence-corrected chi connectivity index (χ3v) is 2.65. The Morgan fingerprint density at radius 1 is 1.16 bits per heavy atom. The van der Waals surface area contributed by atoms with Gasteiger partial charge in [0.1, 0.15) is 11.6 Å². The molecule has 0 unspecified atom stereocenters. The number of benzene rings is 1. The van der Waals surface area contributed by atoms with E-state index in [1.807, 2.05) is 31.2 Å². The van der Waals surface area contributed by atoms with E-state index in [1.165, 1.54) is 0 Å². The van der Waals surface area contributed by atoms with Crippen LogP contribution in [0.15, 0.2) is 36.7 Å². The van der Waals surface area contributed by atoms with Crippen LogP contribution in [-0.2, 0) is 0 Å². The predicted molar refractivity (Wildman–Crippen MR) is 77.4 cm³/mol. The lowest BCUT2D eigenvalue weighted by Gasteiger charge is -2.10. The van der Waals surface area contributed by atoms with Crippen molar-refractivity contribution in [3.63, 3.8) is 0 Å². The molecule has 0 fully saturated rings. The Kier molecular flexibility index (Phi) is 4.72. The lowest BCUT2D eigenvalue weighted by molar-refractivity contribution is 0.341. The van der Waals surface area contributed by atoms with Crippen LogP contribution in [0.3, 0.4) is 0 Å². The summed E-state index contributed by atoms with van der Waals surface area (Å²) in [5.41, 5.74) is 1.79. The van der Waals surface area contributed by atoms with Crippen LogP contribution in [0, 0.1) is 0 Å². The van der Waals surface area contributed by atoms with Crippen molar-refractivity contribution < 1.29 is 4.74 Å². The second kappa shape index (κ2) is 6.73. The zero-order chi connectivity index (χ0) is 13.5. The molecule has 0 saturated carbocycles. The Balaban J connectivity index is 2.30. The monoisotopic (exact) mass is 257 g/mol. The molecule has 0 radical (unpaired) electrons. The van der Waals surface area contributed by atoms with Crippen molar-refractivity contribution in [2.45, 2.75) is 20.3 Å². The lowest BCUT2D eigenvalue weighted by atomic mass is 10.1. The molecule has 1 aromatic heterocycles. The van der Waals surface area contributed by atoms with Crippen LogP contribution in [0.4, 0.5) is 5.82 Å². The van der Waals surface area contributed by atoms with Gasteiger partial charge >= 0.3 is 0 Å². The van der Waals surface area contributed by atoms with Crippen molar-refractivity contribution in [3.8, 4) is 17.0 Å². The van der Waals surface area contributed by atoms with E-state index in [1.54, 1.807) is 12.4 Å². The van der Waals surface area contributed by atoms with E-state index in [-0.39, 0.29) is 0 Å². The molecule has 19 heavy (non-hydrogen) atoms. The first kappa shape index (κ1) is 13.3. The fourth-order valence-electron chi connectivity index (χ4n) is 1.79. The molecule has 0 amide bonds. The Morgan fingerprint density at radius 3 is 2.79 bits per heavy atom. The topological polar surface area (TPSA) is 47.0 Å². The van der Waals surface area contributed by atoms with Crippen LogP contribution in [0.2, 0.25) is 0 Å². The van der Waals surface area contributed by atoms with Gasteiger partial charge in [-0.05, 0) is 25.5 Å². The highest BCUT2D eigenvalue weighted by Crippen LogP contribution is 2.28. The van der Waals surface area contributed by atoms with Gasteiger partial charge < -0.3 is 10.1 Å². The fourth-order valence-corrected chi connectivity index (χ4v) is 1.79. The normalized spacial score (nSPS) is 10.2. The molecule has 2 aromatic rings. The minimum absolute atomic E-state index is 0.637. The fraction of sp³-hybridized carbons (Fsp3) is 0.333. The number of rotatable bonds is 6. The van der Waals surface area contributed by atoms with Crippen molar-refractivity contribution in [1.82, 2.24) is 9.97 Å². The molecular formula is C15H19N3O. The number of para-hydroxylation sites is 1. The number of ether oxygens (including phenoxy) is 1. The Morgan fingerprint density at radius 2 is 2.00 bits per heavy atom. The first-order chi connectivity index (χ1) is 9.35. The zero-order valence-electron chi connectivity index (χ0n) is 11.4. The number of aromatic nitrogens is 2. The first-order valence-electron chi connectivity index (χ1n) is 6.63. The predicted octanol–water partition coefficient (Wildman–Crippen LogP) is 3.36. The van der Waals surface area contributed by atoms with E-state index >= 15 is 0 Å². The van der Waals surface area contributed by atoms with Crippen molar-refractivity contribution in [2.75, 3.05) is 18.5 Å². The van der Waals surface area contributed by atoms with E-state index < -0.39 is 0 Å². The van der Waals surface area contributed by atoms with Gasteiger partial charge in [0.2, 0.25) is 0 Å². The molecule has 0 bridgehead atoms. The van der Waals surface area contributed by atoms with Crippen LogP contribution < -0.4 is 10.1 Å². The van der Waals surface area contributed by atoms with Crippen LogP contribution >= 0.6 is 0 Å². The zero-order valence-corrected chi connectivity index (χ0v) is 11.4. The number of nitrogens with one attached hydrogen (secondary N) is 1. The standard InChI is InChI=1S/C15H19N3O/c1-3-9-17-15-11-16-10-13(18-15)12-7-5-6-8-14(12)19-4-2/h5-8,10-11H,3-4,9H2,1-2H3,(H,17,18). The minimum Gasteiger partial charge on any atom is -0.493 e. The van der Waals surface area contributed by atoms with E-state index in [0.29, 0.717) is 6.61 Å². The molecule has 4 nitrogen and oxygen atoms in total. The van der Waals surface area contributed by atoms with Crippen molar-refractivity contribution in [2.24, 2.45) is 0 Å². The summed E-state index contributed by atoms with van der Waals surface area (Å²) >= 11 is 0. The van der Waals surface area contributed by atoms with Crippen LogP contribution in [0.25, 0.3) is 11.3 Å². The maximum atomic E-state index is 5.62. The van der Waals surface area contributed by atoms with Crippen molar-refractivity contribution in [1.29, 1.82) is 0 Å². The van der Waals surface area contributed by atoms with Gasteiger partial charge in [0.25, 0.3) is 0 Å². The summed E-state index contributed by atoms with van der Waals surface area (Å²) in [5, 5.41) is 3.24. The van der Waals surface area contributed by atoms with E-state index in [9.17, 15) is 0 Å². The quantitative estimate of drug-likeness (QED) is 0.862. The highest BCUT2D eigenvalue weighted by molar-refractivity contribution is 5.67. The molecule has 0 aliphatic heterocycles. The SMILES string of the molecule is CCCNc1cncc(-c2ccccc2OCC)n1. The molecule has 0 saturated heterocycles. The largest absolute Gasteiger partial charge is 0.493 e. The number of hydrogen-bond donors (Lipinski definition) is 1. The summed E-state index contributed by atoms with van der Waals surface area (Å²) in [4.78, 5) is 8.80. The van der Waals surface area contributed by atoms with Crippen molar-refractivity contribution in [3.05, 3.63) is 36.7 Å². The highest BCUT2D eigenvalue weighted by Gasteiger charge is 2.07. The lowest BCUT2D eigenvalue weighted by Crippen LogP contribution is -2.03. The molecule has 0 spiro atoms. The van der Waals surface area contributed by atoms with Gasteiger partial charge in [-0.25, -0.2) is 4.98 Å². The number of hydrogen-bond acceptors (Lipinski definition) is 4. The smallest absolute Gasteiger partial charge is 0.145 e. The summed E-state index contributed by atoms with van der Waals surface area (Å²) in [6.07, 6.45) is 4.55. The van der Waals surface area contributed by atoms with E-state index in [0.717, 1.165) is 35.8 Å². The Bertz CT molecular complexity index is 528. The number of anilines is 1. The molecule has 0 atom stereocenters. The van der Waals surface area contributed by atoms with Gasteiger partial charge in [-0.2, -0.15) is 0 Å². The third-order valence-electron chi connectivity index (χ3n) is 2.65. The first-order valence-corrected chi connectivity index (χ1v) is 6.63. The molecule has 0 aliphatic rings. The Labute approximate surface area is 113 Å². The molecular weight excluding hydrogens is 238 g/mol. The third kappa shape index (κ3) is 3.44. The summed E-state index contributed by atoms with van der Waals surface area (Å²) in [6.45, 7) is 5.62. The van der Waals surface area contributed by atoms with Gasteiger partial charge in [-0.15, -0.1) is 0 Å². The van der Waals surface area contributed by atoms with Gasteiger partial charge in [0.05, 0.1) is 24.7 Å². The van der Waals surface area contributed by atoms with Gasteiger partial charge in [0.15, 0.2) is 0 Å². The van der Waals surface area contributed by atoms with Crippen LogP contribution in [-0.4, -0.2) is 23.1 Å². The van der Waals surface area contributed by atoms with Gasteiger partial charge in [-0.1, -0.05) is 19.1 Å². The van der Waals surface area contributed by atoms with Gasteiger partial charge in [-0.3, -0.25) is 4.98 Å². The van der Waals surface area contributed by atoms with E-state index in [4.69, 9.17) is 4.74 Å². The second-order valence-electron chi connectivity index (χ2n) is 4.15. The minimum atomic E-state index is 0.637. The van der Waals surface area contributed by atoms with Crippen molar-refractivity contribution >= 4 is 5.82 Å². The molecule has 100 valence electrons. The number of nitrogens with zero attached hydrogens (tertiary/aromatic N) is 2. The molecule has 1 N–H and O–H groups in total.